The lowest BCUT2D eigenvalue weighted by atomic mass is 9.99. The fraction of sp³-hybridized carbons (Fsp3) is 0.333. The maximum absolute atomic E-state index is 12.9. The van der Waals surface area contributed by atoms with Gasteiger partial charge in [0.25, 0.3) is 0 Å². The zero-order chi connectivity index (χ0) is 24.5. The van der Waals surface area contributed by atoms with Crippen molar-refractivity contribution in [3.63, 3.8) is 0 Å². The van der Waals surface area contributed by atoms with E-state index in [4.69, 9.17) is 16.3 Å². The summed E-state index contributed by atoms with van der Waals surface area (Å²) in [4.78, 5) is 11.2. The molecule has 1 aliphatic rings. The summed E-state index contributed by atoms with van der Waals surface area (Å²) in [6.07, 6.45) is 2.53. The van der Waals surface area contributed by atoms with E-state index in [9.17, 15) is 4.57 Å². The standard InChI is InChI=1S/C24H30ClN6O2P/c1-26-17-6-7-19(22(12-17)34(4,5)32)28-23-18(25)13-27-24(30-23)29-20-10-16-14-31(2)9-8-15(16)11-21(20)33-3/h6-7,10-13,26H,8-9,14H2,1-5H3,(H2,27,28,29,30). The molecule has 34 heavy (non-hydrogen) atoms. The van der Waals surface area contributed by atoms with E-state index < -0.39 is 7.14 Å². The van der Waals surface area contributed by atoms with Crippen LogP contribution < -0.4 is 26.0 Å². The van der Waals surface area contributed by atoms with Crippen molar-refractivity contribution in [2.24, 2.45) is 0 Å². The van der Waals surface area contributed by atoms with Crippen LogP contribution in [0.25, 0.3) is 0 Å². The van der Waals surface area contributed by atoms with Crippen molar-refractivity contribution >= 4 is 52.9 Å². The molecule has 0 unspecified atom stereocenters. The molecule has 0 atom stereocenters. The maximum atomic E-state index is 12.9. The first-order valence-corrected chi connectivity index (χ1v) is 14.0. The van der Waals surface area contributed by atoms with Crippen molar-refractivity contribution in [3.05, 3.63) is 52.7 Å². The van der Waals surface area contributed by atoms with Gasteiger partial charge in [-0.05, 0) is 68.3 Å². The molecule has 10 heteroatoms. The minimum atomic E-state index is -2.57. The van der Waals surface area contributed by atoms with Crippen molar-refractivity contribution in [2.75, 3.05) is 57.0 Å². The number of nitrogens with one attached hydrogen (secondary N) is 3. The molecule has 1 aromatic heterocycles. The fourth-order valence-corrected chi connectivity index (χ4v) is 5.29. The van der Waals surface area contributed by atoms with Gasteiger partial charge in [-0.3, -0.25) is 0 Å². The smallest absolute Gasteiger partial charge is 0.229 e. The van der Waals surface area contributed by atoms with Gasteiger partial charge < -0.3 is 30.2 Å². The van der Waals surface area contributed by atoms with Crippen molar-refractivity contribution in [2.45, 2.75) is 13.0 Å². The number of fused-ring (bicyclic) bond motifs is 1. The molecule has 0 bridgehead atoms. The Hall–Kier alpha value is -2.80. The van der Waals surface area contributed by atoms with Gasteiger partial charge in [-0.1, -0.05) is 11.6 Å². The predicted octanol–water partition coefficient (Wildman–Crippen LogP) is 4.90. The number of likely N-dealkylation sites (N-methyl/N-ethyl adjacent to an activating group) is 1. The Morgan fingerprint density at radius 1 is 1.12 bits per heavy atom. The van der Waals surface area contributed by atoms with E-state index in [2.05, 4.69) is 50.0 Å². The number of benzene rings is 2. The summed E-state index contributed by atoms with van der Waals surface area (Å²) in [5.74, 6) is 1.53. The number of anilines is 5. The van der Waals surface area contributed by atoms with Gasteiger partial charge in [0.2, 0.25) is 5.95 Å². The van der Waals surface area contributed by atoms with Crippen LogP contribution in [0.1, 0.15) is 11.1 Å². The van der Waals surface area contributed by atoms with Crippen molar-refractivity contribution < 1.29 is 9.30 Å². The summed E-state index contributed by atoms with van der Waals surface area (Å²) in [6.45, 7) is 5.38. The second kappa shape index (κ2) is 9.82. The molecule has 0 spiro atoms. The molecule has 0 radical (unpaired) electrons. The normalized spacial score (nSPS) is 13.8. The van der Waals surface area contributed by atoms with Gasteiger partial charge in [-0.25, -0.2) is 4.98 Å². The highest BCUT2D eigenvalue weighted by Crippen LogP contribution is 2.40. The van der Waals surface area contributed by atoms with E-state index in [1.165, 1.54) is 17.3 Å². The number of ether oxygens (including phenoxy) is 1. The molecule has 0 fully saturated rings. The third-order valence-corrected chi connectivity index (χ3v) is 7.64. The van der Waals surface area contributed by atoms with Crippen molar-refractivity contribution in [1.29, 1.82) is 0 Å². The first-order valence-electron chi connectivity index (χ1n) is 11.0. The van der Waals surface area contributed by atoms with E-state index in [1.54, 1.807) is 20.4 Å². The highest BCUT2D eigenvalue weighted by molar-refractivity contribution is 7.70. The molecule has 180 valence electrons. The average molecular weight is 501 g/mol. The van der Waals surface area contributed by atoms with Crippen LogP contribution in [-0.2, 0) is 17.5 Å². The zero-order valence-electron chi connectivity index (χ0n) is 20.1. The number of hydrogen-bond acceptors (Lipinski definition) is 8. The molecule has 0 aliphatic carbocycles. The van der Waals surface area contributed by atoms with E-state index in [0.29, 0.717) is 27.8 Å². The van der Waals surface area contributed by atoms with Crippen LogP contribution in [0.3, 0.4) is 0 Å². The van der Waals surface area contributed by atoms with Crippen LogP contribution in [0, 0.1) is 0 Å². The highest BCUT2D eigenvalue weighted by Gasteiger charge is 2.20. The quantitative estimate of drug-likeness (QED) is 0.394. The highest BCUT2D eigenvalue weighted by atomic mass is 35.5. The predicted molar refractivity (Wildman–Crippen MR) is 142 cm³/mol. The molecule has 3 N–H and O–H groups in total. The lowest BCUT2D eigenvalue weighted by Crippen LogP contribution is -2.26. The zero-order valence-corrected chi connectivity index (χ0v) is 21.7. The Kier molecular flexibility index (Phi) is 7.03. The largest absolute Gasteiger partial charge is 0.495 e. The summed E-state index contributed by atoms with van der Waals surface area (Å²) in [5.41, 5.74) is 4.90. The summed E-state index contributed by atoms with van der Waals surface area (Å²) in [7, 11) is 3.03. The Morgan fingerprint density at radius 3 is 2.62 bits per heavy atom. The molecule has 4 rings (SSSR count). The minimum Gasteiger partial charge on any atom is -0.495 e. The molecule has 0 saturated carbocycles. The summed E-state index contributed by atoms with van der Waals surface area (Å²) < 4.78 is 18.6. The Labute approximate surface area is 205 Å². The molecule has 8 nitrogen and oxygen atoms in total. The fourth-order valence-electron chi connectivity index (χ4n) is 4.00. The van der Waals surface area contributed by atoms with Gasteiger partial charge in [-0.2, -0.15) is 4.98 Å². The number of halogens is 1. The lowest BCUT2D eigenvalue weighted by Gasteiger charge is -2.26. The van der Waals surface area contributed by atoms with E-state index in [0.717, 1.165) is 36.6 Å². The molecular weight excluding hydrogens is 471 g/mol. The number of aromatic nitrogens is 2. The average Bonchev–Trinajstić information content (AvgIpc) is 2.80. The van der Waals surface area contributed by atoms with Crippen LogP contribution in [0.4, 0.5) is 28.8 Å². The maximum Gasteiger partial charge on any atom is 0.229 e. The molecule has 1 aliphatic heterocycles. The number of hydrogen-bond donors (Lipinski definition) is 3. The van der Waals surface area contributed by atoms with E-state index in [1.807, 2.05) is 25.2 Å². The number of rotatable bonds is 7. The van der Waals surface area contributed by atoms with E-state index in [-0.39, 0.29) is 0 Å². The van der Waals surface area contributed by atoms with Gasteiger partial charge in [0.05, 0.1) is 24.7 Å². The Morgan fingerprint density at radius 2 is 1.91 bits per heavy atom. The van der Waals surface area contributed by atoms with Crippen LogP contribution >= 0.6 is 18.7 Å². The third-order valence-electron chi connectivity index (χ3n) is 5.84. The molecule has 0 amide bonds. The van der Waals surface area contributed by atoms with Crippen LogP contribution in [-0.4, -0.2) is 55.9 Å². The third kappa shape index (κ3) is 5.30. The minimum absolute atomic E-state index is 0.357. The summed E-state index contributed by atoms with van der Waals surface area (Å²) in [5, 5.41) is 10.7. The monoisotopic (exact) mass is 500 g/mol. The van der Waals surface area contributed by atoms with Gasteiger partial charge in [0, 0.05) is 31.1 Å². The second-order valence-electron chi connectivity index (χ2n) is 8.78. The number of methoxy groups -OCH3 is 1. The molecule has 2 heterocycles. The molecule has 2 aromatic carbocycles. The van der Waals surface area contributed by atoms with E-state index >= 15 is 0 Å². The van der Waals surface area contributed by atoms with Gasteiger partial charge in [-0.15, -0.1) is 0 Å². The Bertz CT molecular complexity index is 1260. The van der Waals surface area contributed by atoms with Gasteiger partial charge >= 0.3 is 0 Å². The summed E-state index contributed by atoms with van der Waals surface area (Å²) >= 11 is 6.42. The molecular formula is C24H30ClN6O2P. The first-order chi connectivity index (χ1) is 16.2. The van der Waals surface area contributed by atoms with Crippen LogP contribution in [0.5, 0.6) is 5.75 Å². The number of nitrogens with zero attached hydrogens (tertiary/aromatic N) is 3. The topological polar surface area (TPSA) is 91.4 Å². The Balaban J connectivity index is 1.66. The molecule has 0 saturated heterocycles. The van der Waals surface area contributed by atoms with Crippen LogP contribution in [0.15, 0.2) is 36.5 Å². The van der Waals surface area contributed by atoms with Gasteiger partial charge in [0.1, 0.15) is 17.9 Å². The lowest BCUT2D eigenvalue weighted by molar-refractivity contribution is 0.312. The van der Waals surface area contributed by atoms with Gasteiger partial charge in [0.15, 0.2) is 5.82 Å². The van der Waals surface area contributed by atoms with Crippen LogP contribution in [0.2, 0.25) is 5.02 Å². The summed E-state index contributed by atoms with van der Waals surface area (Å²) in [6, 6.07) is 9.83. The first kappa shape index (κ1) is 24.3. The second-order valence-corrected chi connectivity index (χ2v) is 12.4. The van der Waals surface area contributed by atoms with Crippen molar-refractivity contribution in [1.82, 2.24) is 14.9 Å². The molecule has 3 aromatic rings. The SMILES string of the molecule is CNc1ccc(Nc2nc(Nc3cc4c(cc3OC)CCN(C)C4)ncc2Cl)c(P(C)(C)=O)c1. The van der Waals surface area contributed by atoms with Crippen molar-refractivity contribution in [3.8, 4) is 5.75 Å².